The molecule has 1 aliphatic rings. The molecule has 1 fully saturated rings. The highest BCUT2D eigenvalue weighted by molar-refractivity contribution is 6.05. The average Bonchev–Trinajstić information content (AvgIpc) is 3.20. The highest BCUT2D eigenvalue weighted by Gasteiger charge is 2.28. The molecule has 156 valence electrons. The number of nitrogens with zero attached hydrogens (tertiary/aromatic N) is 2. The van der Waals surface area contributed by atoms with Crippen molar-refractivity contribution in [3.8, 4) is 5.75 Å². The number of aromatic amines is 1. The third-order valence-corrected chi connectivity index (χ3v) is 5.66. The summed E-state index contributed by atoms with van der Waals surface area (Å²) in [6, 6.07) is 12.9. The van der Waals surface area contributed by atoms with E-state index in [1.54, 1.807) is 30.5 Å². The smallest absolute Gasteiger partial charge is 0.260 e. The molecule has 1 saturated heterocycles. The van der Waals surface area contributed by atoms with E-state index in [4.69, 9.17) is 4.74 Å². The lowest BCUT2D eigenvalue weighted by molar-refractivity contribution is -0.139. The van der Waals surface area contributed by atoms with Crippen LogP contribution in [0.2, 0.25) is 0 Å². The van der Waals surface area contributed by atoms with Crippen molar-refractivity contribution in [3.63, 3.8) is 0 Å². The van der Waals surface area contributed by atoms with E-state index in [9.17, 15) is 9.59 Å². The van der Waals surface area contributed by atoms with Crippen LogP contribution >= 0.6 is 0 Å². The first-order chi connectivity index (χ1) is 14.5. The maximum absolute atomic E-state index is 12.6. The van der Waals surface area contributed by atoms with Gasteiger partial charge in [-0.15, -0.1) is 0 Å². The van der Waals surface area contributed by atoms with E-state index in [1.165, 1.54) is 0 Å². The van der Waals surface area contributed by atoms with Crippen LogP contribution in [0.4, 0.5) is 5.69 Å². The van der Waals surface area contributed by atoms with Crippen LogP contribution in [0.25, 0.3) is 10.9 Å². The van der Waals surface area contributed by atoms with E-state index < -0.39 is 0 Å². The normalized spacial score (nSPS) is 18.9. The topological polar surface area (TPSA) is 87.3 Å². The van der Waals surface area contributed by atoms with Crippen molar-refractivity contribution in [2.24, 2.45) is 0 Å². The fourth-order valence-corrected chi connectivity index (χ4v) is 4.05. The first-order valence-electron chi connectivity index (χ1n) is 10.3. The van der Waals surface area contributed by atoms with Crippen molar-refractivity contribution in [1.82, 2.24) is 15.1 Å². The SMILES string of the molecule is CC1CCCC(C)N1C(=O)COc1ccc(C(=O)Nc2ccc3cn[nH]c3c2)cc1. The molecule has 30 heavy (non-hydrogen) atoms. The van der Waals surface area contributed by atoms with E-state index >= 15 is 0 Å². The lowest BCUT2D eigenvalue weighted by Gasteiger charge is -2.38. The Hall–Kier alpha value is -3.35. The van der Waals surface area contributed by atoms with Gasteiger partial charge in [0, 0.05) is 28.7 Å². The zero-order chi connectivity index (χ0) is 21.1. The number of hydrogen-bond donors (Lipinski definition) is 2. The summed E-state index contributed by atoms with van der Waals surface area (Å²) in [6.07, 6.45) is 4.96. The number of anilines is 1. The molecule has 4 rings (SSSR count). The van der Waals surface area contributed by atoms with E-state index in [1.807, 2.05) is 23.1 Å². The van der Waals surface area contributed by atoms with Crippen LogP contribution in [-0.2, 0) is 4.79 Å². The summed E-state index contributed by atoms with van der Waals surface area (Å²) >= 11 is 0. The Kier molecular flexibility index (Phi) is 5.70. The highest BCUT2D eigenvalue weighted by atomic mass is 16.5. The van der Waals surface area contributed by atoms with Gasteiger partial charge in [-0.1, -0.05) is 0 Å². The van der Waals surface area contributed by atoms with Gasteiger partial charge in [0.05, 0.1) is 11.7 Å². The van der Waals surface area contributed by atoms with Gasteiger partial charge in [-0.25, -0.2) is 0 Å². The third-order valence-electron chi connectivity index (χ3n) is 5.66. The second kappa shape index (κ2) is 8.57. The number of carbonyl (C=O) groups is 2. The summed E-state index contributed by atoms with van der Waals surface area (Å²) in [5.41, 5.74) is 2.06. The quantitative estimate of drug-likeness (QED) is 0.671. The fraction of sp³-hybridized carbons (Fsp3) is 0.348. The van der Waals surface area contributed by atoms with Crippen LogP contribution in [0.3, 0.4) is 0 Å². The molecule has 2 atom stereocenters. The molecule has 2 unspecified atom stereocenters. The Balaban J connectivity index is 1.34. The number of fused-ring (bicyclic) bond motifs is 1. The molecule has 0 spiro atoms. The molecule has 7 nitrogen and oxygen atoms in total. The number of aromatic nitrogens is 2. The molecular formula is C23H26N4O3. The molecule has 2 amide bonds. The molecule has 2 N–H and O–H groups in total. The van der Waals surface area contributed by atoms with Crippen LogP contribution < -0.4 is 10.1 Å². The minimum atomic E-state index is -0.215. The summed E-state index contributed by atoms with van der Waals surface area (Å²) in [4.78, 5) is 27.0. The van der Waals surface area contributed by atoms with Crippen LogP contribution in [0.5, 0.6) is 5.75 Å². The van der Waals surface area contributed by atoms with E-state index in [0.29, 0.717) is 17.0 Å². The van der Waals surface area contributed by atoms with E-state index in [-0.39, 0.29) is 30.5 Å². The molecule has 2 aromatic carbocycles. The molecule has 2 heterocycles. The third kappa shape index (κ3) is 4.30. The Morgan fingerprint density at radius 3 is 2.60 bits per heavy atom. The summed E-state index contributed by atoms with van der Waals surface area (Å²) < 4.78 is 5.68. The number of benzene rings is 2. The van der Waals surface area contributed by atoms with Crippen molar-refractivity contribution < 1.29 is 14.3 Å². The number of amides is 2. The standard InChI is InChI=1S/C23H26N4O3/c1-15-4-3-5-16(2)27(15)22(28)14-30-20-10-7-17(8-11-20)23(29)25-19-9-6-18-13-24-26-21(18)12-19/h6-13,15-16H,3-5,14H2,1-2H3,(H,24,26)(H,25,29). The van der Waals surface area contributed by atoms with Crippen molar-refractivity contribution in [1.29, 1.82) is 0 Å². The van der Waals surface area contributed by atoms with Gasteiger partial charge >= 0.3 is 0 Å². The summed E-state index contributed by atoms with van der Waals surface area (Å²) in [6.45, 7) is 4.18. The van der Waals surface area contributed by atoms with Crippen molar-refractivity contribution >= 4 is 28.4 Å². The number of ether oxygens (including phenoxy) is 1. The summed E-state index contributed by atoms with van der Waals surface area (Å²) in [5.74, 6) is 0.356. The zero-order valence-corrected chi connectivity index (χ0v) is 17.2. The first kappa shape index (κ1) is 19.9. The molecular weight excluding hydrogens is 380 g/mol. The molecule has 1 aliphatic heterocycles. The number of H-pyrrole nitrogens is 1. The van der Waals surface area contributed by atoms with Gasteiger partial charge in [0.15, 0.2) is 6.61 Å². The van der Waals surface area contributed by atoms with Gasteiger partial charge in [0.2, 0.25) is 0 Å². The van der Waals surface area contributed by atoms with Gasteiger partial charge in [0.25, 0.3) is 11.8 Å². The molecule has 7 heteroatoms. The van der Waals surface area contributed by atoms with Gasteiger partial charge in [-0.05, 0) is 75.6 Å². The van der Waals surface area contributed by atoms with Gasteiger partial charge in [-0.3, -0.25) is 14.7 Å². The maximum atomic E-state index is 12.6. The highest BCUT2D eigenvalue weighted by Crippen LogP contribution is 2.23. The maximum Gasteiger partial charge on any atom is 0.260 e. The van der Waals surface area contributed by atoms with Crippen molar-refractivity contribution in [2.45, 2.75) is 45.2 Å². The Labute approximate surface area is 175 Å². The minimum absolute atomic E-state index is 0.00438. The fourth-order valence-electron chi connectivity index (χ4n) is 4.05. The Bertz CT molecular complexity index is 1030. The van der Waals surface area contributed by atoms with Crippen molar-refractivity contribution in [3.05, 3.63) is 54.2 Å². The molecule has 3 aromatic rings. The molecule has 0 aliphatic carbocycles. The minimum Gasteiger partial charge on any atom is -0.484 e. The average molecular weight is 406 g/mol. The van der Waals surface area contributed by atoms with E-state index in [0.717, 1.165) is 30.2 Å². The predicted octanol–water partition coefficient (Wildman–Crippen LogP) is 3.98. The molecule has 1 aromatic heterocycles. The molecule has 0 saturated carbocycles. The molecule has 0 bridgehead atoms. The van der Waals surface area contributed by atoms with Crippen LogP contribution in [0.15, 0.2) is 48.7 Å². The number of nitrogens with one attached hydrogen (secondary N) is 2. The Morgan fingerprint density at radius 1 is 1.13 bits per heavy atom. The lowest BCUT2D eigenvalue weighted by Crippen LogP contribution is -2.49. The van der Waals surface area contributed by atoms with Crippen LogP contribution in [-0.4, -0.2) is 45.6 Å². The lowest BCUT2D eigenvalue weighted by atomic mass is 9.97. The van der Waals surface area contributed by atoms with E-state index in [2.05, 4.69) is 29.4 Å². The van der Waals surface area contributed by atoms with Gasteiger partial charge in [-0.2, -0.15) is 5.10 Å². The number of rotatable bonds is 5. The molecule has 0 radical (unpaired) electrons. The number of hydrogen-bond acceptors (Lipinski definition) is 4. The second-order valence-corrected chi connectivity index (χ2v) is 7.87. The predicted molar refractivity (Wildman–Crippen MR) is 116 cm³/mol. The monoisotopic (exact) mass is 406 g/mol. The van der Waals surface area contributed by atoms with Gasteiger partial charge in [0.1, 0.15) is 5.75 Å². The first-order valence-corrected chi connectivity index (χ1v) is 10.3. The summed E-state index contributed by atoms with van der Waals surface area (Å²) in [7, 11) is 0. The number of carbonyl (C=O) groups excluding carboxylic acids is 2. The van der Waals surface area contributed by atoms with Crippen molar-refractivity contribution in [2.75, 3.05) is 11.9 Å². The van der Waals surface area contributed by atoms with Crippen LogP contribution in [0, 0.1) is 0 Å². The summed E-state index contributed by atoms with van der Waals surface area (Å²) in [5, 5.41) is 10.7. The zero-order valence-electron chi connectivity index (χ0n) is 17.2. The number of piperidine rings is 1. The van der Waals surface area contributed by atoms with Crippen LogP contribution in [0.1, 0.15) is 43.5 Å². The number of likely N-dealkylation sites (tertiary alicyclic amines) is 1. The van der Waals surface area contributed by atoms with Gasteiger partial charge < -0.3 is 15.0 Å². The largest absolute Gasteiger partial charge is 0.484 e. The Morgan fingerprint density at radius 2 is 1.87 bits per heavy atom. The second-order valence-electron chi connectivity index (χ2n) is 7.87.